The minimum atomic E-state index is -0.117. The molecule has 0 radical (unpaired) electrons. The molecule has 3 aromatic rings. The highest BCUT2D eigenvalue weighted by Crippen LogP contribution is 2.21. The summed E-state index contributed by atoms with van der Waals surface area (Å²) in [5, 5.41) is 12.1. The molecule has 0 spiro atoms. The molecule has 3 rings (SSSR count). The number of rotatable bonds is 7. The fraction of sp³-hybridized carbons (Fsp3) is 0.227. The van der Waals surface area contributed by atoms with E-state index in [1.54, 1.807) is 6.20 Å². The fourth-order valence-electron chi connectivity index (χ4n) is 2.83. The zero-order chi connectivity index (χ0) is 19.9. The molecule has 6 heteroatoms. The Morgan fingerprint density at radius 1 is 1.07 bits per heavy atom. The van der Waals surface area contributed by atoms with Crippen LogP contribution in [0.2, 0.25) is 0 Å². The van der Waals surface area contributed by atoms with Gasteiger partial charge in [-0.1, -0.05) is 65.7 Å². The number of nitrogens with one attached hydrogen (secondary N) is 1. The first-order valence-corrected chi connectivity index (χ1v) is 9.98. The van der Waals surface area contributed by atoms with Gasteiger partial charge in [0.1, 0.15) is 0 Å². The molecule has 0 fully saturated rings. The van der Waals surface area contributed by atoms with Crippen LogP contribution in [0.1, 0.15) is 30.2 Å². The van der Waals surface area contributed by atoms with Gasteiger partial charge in [-0.15, -0.1) is 0 Å². The topological polar surface area (TPSA) is 75.1 Å². The van der Waals surface area contributed by atoms with Crippen LogP contribution in [-0.4, -0.2) is 21.0 Å². The molecule has 5 nitrogen and oxygen atoms in total. The van der Waals surface area contributed by atoms with E-state index in [2.05, 4.69) is 33.2 Å². The van der Waals surface area contributed by atoms with E-state index >= 15 is 0 Å². The first kappa shape index (κ1) is 20.2. The Morgan fingerprint density at radius 3 is 2.39 bits per heavy atom. The number of aliphatic hydroxyl groups is 1. The Bertz CT molecular complexity index is 941. The van der Waals surface area contributed by atoms with Crippen LogP contribution in [-0.2, 0) is 24.2 Å². The molecule has 0 aliphatic rings. The van der Waals surface area contributed by atoms with Crippen molar-refractivity contribution in [1.82, 2.24) is 9.97 Å². The molecule has 1 aromatic heterocycles. The van der Waals surface area contributed by atoms with Crippen molar-refractivity contribution in [3.8, 4) is 11.3 Å². The number of carbonyl (C=O) groups excluding carboxylic acids is 1. The van der Waals surface area contributed by atoms with Crippen LogP contribution >= 0.6 is 15.9 Å². The number of carbonyl (C=O) groups is 1. The first-order valence-electron chi connectivity index (χ1n) is 9.19. The predicted octanol–water partition coefficient (Wildman–Crippen LogP) is 4.53. The summed E-state index contributed by atoms with van der Waals surface area (Å²) in [4.78, 5) is 21.6. The molecule has 0 atom stereocenters. The SMILES string of the molecule is CCCc1nc(-c2ccc(CO)cc2)cnc1NC(=O)Cc1ccc(Br)cc1. The van der Waals surface area contributed by atoms with Gasteiger partial charge in [-0.2, -0.15) is 0 Å². The van der Waals surface area contributed by atoms with Gasteiger partial charge in [-0.05, 0) is 29.7 Å². The minimum Gasteiger partial charge on any atom is -0.392 e. The van der Waals surface area contributed by atoms with Gasteiger partial charge >= 0.3 is 0 Å². The third kappa shape index (κ3) is 5.24. The second-order valence-corrected chi connectivity index (χ2v) is 7.42. The third-order valence-corrected chi connectivity index (χ3v) is 4.83. The molecular formula is C22H22BrN3O2. The molecule has 2 N–H and O–H groups in total. The average molecular weight is 440 g/mol. The van der Waals surface area contributed by atoms with Crippen LogP contribution in [0.3, 0.4) is 0 Å². The van der Waals surface area contributed by atoms with Crippen LogP contribution < -0.4 is 5.32 Å². The first-order chi connectivity index (χ1) is 13.6. The quantitative estimate of drug-likeness (QED) is 0.566. The van der Waals surface area contributed by atoms with E-state index in [9.17, 15) is 9.90 Å². The number of nitrogens with zero attached hydrogens (tertiary/aromatic N) is 2. The molecule has 0 aliphatic heterocycles. The highest BCUT2D eigenvalue weighted by atomic mass is 79.9. The monoisotopic (exact) mass is 439 g/mol. The van der Waals surface area contributed by atoms with Crippen LogP contribution in [0.5, 0.6) is 0 Å². The molecular weight excluding hydrogens is 418 g/mol. The Morgan fingerprint density at radius 2 is 1.75 bits per heavy atom. The van der Waals surface area contributed by atoms with Gasteiger partial charge in [0.2, 0.25) is 5.91 Å². The zero-order valence-electron chi connectivity index (χ0n) is 15.7. The summed E-state index contributed by atoms with van der Waals surface area (Å²) in [5.74, 6) is 0.397. The van der Waals surface area contributed by atoms with Crippen LogP contribution in [0.15, 0.2) is 59.2 Å². The summed E-state index contributed by atoms with van der Waals surface area (Å²) in [6.07, 6.45) is 3.58. The fourth-order valence-corrected chi connectivity index (χ4v) is 3.09. The van der Waals surface area contributed by atoms with Crippen molar-refractivity contribution in [3.05, 3.63) is 76.0 Å². The second-order valence-electron chi connectivity index (χ2n) is 6.51. The summed E-state index contributed by atoms with van der Waals surface area (Å²) >= 11 is 3.39. The minimum absolute atomic E-state index is 0.0103. The molecule has 0 bridgehead atoms. The molecule has 144 valence electrons. The molecule has 1 heterocycles. The Hall–Kier alpha value is -2.57. The maximum Gasteiger partial charge on any atom is 0.229 e. The number of hydrogen-bond donors (Lipinski definition) is 2. The van der Waals surface area contributed by atoms with E-state index in [-0.39, 0.29) is 18.9 Å². The van der Waals surface area contributed by atoms with Crippen LogP contribution in [0.4, 0.5) is 5.82 Å². The lowest BCUT2D eigenvalue weighted by atomic mass is 10.1. The van der Waals surface area contributed by atoms with Gasteiger partial charge in [-0.3, -0.25) is 4.79 Å². The average Bonchev–Trinajstić information content (AvgIpc) is 2.71. The van der Waals surface area contributed by atoms with Gasteiger partial charge in [0.15, 0.2) is 5.82 Å². The van der Waals surface area contributed by atoms with Crippen molar-refractivity contribution in [3.63, 3.8) is 0 Å². The summed E-state index contributed by atoms with van der Waals surface area (Å²) in [5.41, 5.74) is 4.23. The van der Waals surface area contributed by atoms with E-state index in [4.69, 9.17) is 4.98 Å². The van der Waals surface area contributed by atoms with Crippen molar-refractivity contribution in [2.24, 2.45) is 0 Å². The van der Waals surface area contributed by atoms with Crippen LogP contribution in [0, 0.1) is 0 Å². The molecule has 28 heavy (non-hydrogen) atoms. The van der Waals surface area contributed by atoms with Gasteiger partial charge in [0, 0.05) is 10.0 Å². The van der Waals surface area contributed by atoms with E-state index in [1.807, 2.05) is 48.5 Å². The number of aliphatic hydroxyl groups excluding tert-OH is 1. The molecule has 2 aromatic carbocycles. The Balaban J connectivity index is 1.78. The highest BCUT2D eigenvalue weighted by Gasteiger charge is 2.12. The van der Waals surface area contributed by atoms with Gasteiger partial charge in [-0.25, -0.2) is 9.97 Å². The number of benzene rings is 2. The van der Waals surface area contributed by atoms with Crippen molar-refractivity contribution >= 4 is 27.7 Å². The number of amides is 1. The maximum absolute atomic E-state index is 12.4. The summed E-state index contributed by atoms with van der Waals surface area (Å²) in [6.45, 7) is 2.08. The Labute approximate surface area is 173 Å². The number of halogens is 1. The largest absolute Gasteiger partial charge is 0.392 e. The summed E-state index contributed by atoms with van der Waals surface area (Å²) < 4.78 is 0.982. The number of hydrogen-bond acceptors (Lipinski definition) is 4. The lowest BCUT2D eigenvalue weighted by Crippen LogP contribution is -2.17. The zero-order valence-corrected chi connectivity index (χ0v) is 17.2. The lowest BCUT2D eigenvalue weighted by Gasteiger charge is -2.11. The van der Waals surface area contributed by atoms with Crippen molar-refractivity contribution < 1.29 is 9.90 Å². The second kappa shape index (κ2) is 9.57. The van der Waals surface area contributed by atoms with Gasteiger partial charge in [0.25, 0.3) is 0 Å². The van der Waals surface area contributed by atoms with E-state index < -0.39 is 0 Å². The van der Waals surface area contributed by atoms with Crippen molar-refractivity contribution in [2.75, 3.05) is 5.32 Å². The van der Waals surface area contributed by atoms with Gasteiger partial charge in [0.05, 0.1) is 30.6 Å². The van der Waals surface area contributed by atoms with E-state index in [1.165, 1.54) is 0 Å². The molecule has 0 saturated carbocycles. The normalized spacial score (nSPS) is 10.7. The molecule has 0 aliphatic carbocycles. The maximum atomic E-state index is 12.4. The smallest absolute Gasteiger partial charge is 0.229 e. The molecule has 1 amide bonds. The standard InChI is InChI=1S/C22H22BrN3O2/c1-2-3-19-22(26-21(28)12-15-6-10-18(23)11-7-15)24-13-20(25-19)17-8-4-16(14-27)5-9-17/h4-11,13,27H,2-3,12,14H2,1H3,(H,24,26,28). The number of anilines is 1. The van der Waals surface area contributed by atoms with Crippen LogP contribution in [0.25, 0.3) is 11.3 Å². The molecule has 0 saturated heterocycles. The Kier molecular flexibility index (Phi) is 6.90. The molecule has 0 unspecified atom stereocenters. The van der Waals surface area contributed by atoms with Crippen molar-refractivity contribution in [2.45, 2.75) is 32.8 Å². The summed E-state index contributed by atoms with van der Waals surface area (Å²) in [7, 11) is 0. The number of aromatic nitrogens is 2. The third-order valence-electron chi connectivity index (χ3n) is 4.30. The number of aryl methyl sites for hydroxylation is 1. The lowest BCUT2D eigenvalue weighted by molar-refractivity contribution is -0.115. The van der Waals surface area contributed by atoms with Gasteiger partial charge < -0.3 is 10.4 Å². The van der Waals surface area contributed by atoms with E-state index in [0.717, 1.165) is 45.4 Å². The predicted molar refractivity (Wildman–Crippen MR) is 114 cm³/mol. The van der Waals surface area contributed by atoms with Crippen molar-refractivity contribution in [1.29, 1.82) is 0 Å². The highest BCUT2D eigenvalue weighted by molar-refractivity contribution is 9.10. The van der Waals surface area contributed by atoms with E-state index in [0.29, 0.717) is 5.82 Å². The summed E-state index contributed by atoms with van der Waals surface area (Å²) in [6, 6.07) is 15.2.